The van der Waals surface area contributed by atoms with Crippen LogP contribution in [0.5, 0.6) is 0 Å². The summed E-state index contributed by atoms with van der Waals surface area (Å²) in [5, 5.41) is 18.1. The zero-order valence-corrected chi connectivity index (χ0v) is 21.3. The van der Waals surface area contributed by atoms with E-state index in [4.69, 9.17) is 14.6 Å². The maximum atomic E-state index is 9.14. The molecule has 0 aliphatic heterocycles. The monoisotopic (exact) mass is 644 g/mol. The summed E-state index contributed by atoms with van der Waals surface area (Å²) >= 11 is 0. The maximum Gasteiger partial charge on any atom is 0.0802 e. The van der Waals surface area contributed by atoms with Crippen molar-refractivity contribution < 1.29 is 24.2 Å². The van der Waals surface area contributed by atoms with Gasteiger partial charge in [-0.25, -0.2) is 5.26 Å². The van der Waals surface area contributed by atoms with Crippen LogP contribution in [0.25, 0.3) is 33.6 Å². The molecule has 5 heteroatoms. The minimum absolute atomic E-state index is 0. The quantitative estimate of drug-likeness (QED) is 0.203. The van der Waals surface area contributed by atoms with Crippen molar-refractivity contribution in [2.45, 2.75) is 6.85 Å². The van der Waals surface area contributed by atoms with Crippen LogP contribution in [0.2, 0.25) is 0 Å². The number of hydrogen-bond acceptors (Lipinski definition) is 4. The van der Waals surface area contributed by atoms with Crippen LogP contribution in [-0.2, 0) is 20.1 Å². The molecule has 0 unspecified atom stereocenters. The second kappa shape index (κ2) is 12.9. The van der Waals surface area contributed by atoms with Crippen LogP contribution in [0, 0.1) is 41.6 Å². The third kappa shape index (κ3) is 6.38. The predicted molar refractivity (Wildman–Crippen MR) is 137 cm³/mol. The fourth-order valence-electron chi connectivity index (χ4n) is 3.36. The minimum Gasteiger partial charge on any atom is -0.304 e. The fourth-order valence-corrected chi connectivity index (χ4v) is 3.36. The number of aryl methyl sites for hydroxylation is 1. The molecule has 0 saturated heterocycles. The Hall–Kier alpha value is -4.41. The molecule has 2 aromatic heterocycles. The van der Waals surface area contributed by atoms with E-state index in [1.165, 1.54) is 36.0 Å². The average molecular weight is 644 g/mol. The molecule has 0 aliphatic carbocycles. The van der Waals surface area contributed by atoms with Crippen LogP contribution in [0.15, 0.2) is 103 Å². The molecule has 0 atom stereocenters. The van der Waals surface area contributed by atoms with Crippen LogP contribution >= 0.6 is 0 Å². The molecular formula is C31H20IrN4-2. The maximum absolute atomic E-state index is 9.14. The minimum atomic E-state index is -2.22. The molecule has 175 valence electrons. The van der Waals surface area contributed by atoms with E-state index in [1.807, 2.05) is 66.9 Å². The van der Waals surface area contributed by atoms with E-state index in [-0.39, 0.29) is 36.8 Å². The topological polar surface area (TPSA) is 73.4 Å². The molecule has 0 bridgehead atoms. The Morgan fingerprint density at radius 2 is 1.50 bits per heavy atom. The number of nitriles is 2. The first-order valence-corrected chi connectivity index (χ1v) is 10.7. The summed E-state index contributed by atoms with van der Waals surface area (Å²) in [6.07, 6.45) is 3.15. The van der Waals surface area contributed by atoms with Gasteiger partial charge in [-0.1, -0.05) is 54.6 Å². The molecule has 0 fully saturated rings. The molecule has 0 aliphatic rings. The SMILES string of the molecule is [2H]C([2H])([2H])c1ccc(-c2[c-]ccc(C#N)c2C#N)nc1.[Ir].[c-]1ccccc1-c1ccc(-c2ccccc2)cn1. The third-order valence-electron chi connectivity index (χ3n) is 5.10. The molecule has 0 saturated carbocycles. The zero-order chi connectivity index (χ0) is 27.0. The molecule has 1 radical (unpaired) electrons. The van der Waals surface area contributed by atoms with Crippen LogP contribution in [0.3, 0.4) is 0 Å². The second-order valence-electron chi connectivity index (χ2n) is 7.37. The van der Waals surface area contributed by atoms with Gasteiger partial charge in [0.1, 0.15) is 0 Å². The van der Waals surface area contributed by atoms with Crippen molar-refractivity contribution >= 4 is 0 Å². The first-order valence-electron chi connectivity index (χ1n) is 12.2. The normalized spacial score (nSPS) is 11.1. The van der Waals surface area contributed by atoms with Crippen molar-refractivity contribution in [2.75, 3.05) is 0 Å². The molecule has 0 N–H and O–H groups in total. The molecule has 3 aromatic carbocycles. The second-order valence-corrected chi connectivity index (χ2v) is 7.37. The first kappa shape index (κ1) is 22.1. The van der Waals surface area contributed by atoms with Gasteiger partial charge in [0.15, 0.2) is 0 Å². The molecule has 5 rings (SSSR count). The van der Waals surface area contributed by atoms with Crippen LogP contribution in [-0.4, -0.2) is 9.97 Å². The van der Waals surface area contributed by atoms with E-state index in [9.17, 15) is 0 Å². The average Bonchev–Trinajstić information content (AvgIpc) is 2.97. The largest absolute Gasteiger partial charge is 0.304 e. The van der Waals surface area contributed by atoms with Gasteiger partial charge in [0, 0.05) is 42.7 Å². The zero-order valence-electron chi connectivity index (χ0n) is 21.9. The summed E-state index contributed by atoms with van der Waals surface area (Å²) in [6, 6.07) is 38.2. The Morgan fingerprint density at radius 1 is 0.722 bits per heavy atom. The van der Waals surface area contributed by atoms with Gasteiger partial charge >= 0.3 is 0 Å². The van der Waals surface area contributed by atoms with Gasteiger partial charge < -0.3 is 9.97 Å². The van der Waals surface area contributed by atoms with Crippen LogP contribution in [0.4, 0.5) is 0 Å². The van der Waals surface area contributed by atoms with E-state index in [1.54, 1.807) is 0 Å². The van der Waals surface area contributed by atoms with Crippen molar-refractivity contribution in [2.24, 2.45) is 0 Å². The van der Waals surface area contributed by atoms with Crippen LogP contribution < -0.4 is 0 Å². The first-order chi connectivity index (χ1) is 18.4. The van der Waals surface area contributed by atoms with Gasteiger partial charge in [0.2, 0.25) is 0 Å². The van der Waals surface area contributed by atoms with Gasteiger partial charge in [0.05, 0.1) is 6.07 Å². The molecular weight excluding hydrogens is 621 g/mol. The Kier molecular flexibility index (Phi) is 7.90. The number of aromatic nitrogens is 2. The summed E-state index contributed by atoms with van der Waals surface area (Å²) in [5.74, 6) is 0. The summed E-state index contributed by atoms with van der Waals surface area (Å²) < 4.78 is 21.8. The molecule has 2 heterocycles. The third-order valence-corrected chi connectivity index (χ3v) is 5.10. The van der Waals surface area contributed by atoms with Crippen molar-refractivity contribution in [3.8, 4) is 45.8 Å². The summed E-state index contributed by atoms with van der Waals surface area (Å²) in [5.41, 5.74) is 5.65. The molecule has 36 heavy (non-hydrogen) atoms. The summed E-state index contributed by atoms with van der Waals surface area (Å²) in [6.45, 7) is -2.22. The Morgan fingerprint density at radius 3 is 2.11 bits per heavy atom. The van der Waals surface area contributed by atoms with Gasteiger partial charge in [-0.15, -0.1) is 59.7 Å². The van der Waals surface area contributed by atoms with E-state index in [2.05, 4.69) is 40.3 Å². The van der Waals surface area contributed by atoms with E-state index in [0.717, 1.165) is 16.8 Å². The molecule has 4 nitrogen and oxygen atoms in total. The number of pyridine rings is 2. The van der Waals surface area contributed by atoms with Gasteiger partial charge in [-0.3, -0.25) is 0 Å². The Balaban J connectivity index is 0.000000211. The number of hydrogen-bond donors (Lipinski definition) is 0. The Labute approximate surface area is 229 Å². The van der Waals surface area contributed by atoms with E-state index >= 15 is 0 Å². The van der Waals surface area contributed by atoms with Gasteiger partial charge in [-0.2, -0.15) is 5.26 Å². The van der Waals surface area contributed by atoms with Crippen LogP contribution in [0.1, 0.15) is 20.8 Å². The number of benzene rings is 3. The summed E-state index contributed by atoms with van der Waals surface area (Å²) in [7, 11) is 0. The molecule has 0 amide bonds. The summed E-state index contributed by atoms with van der Waals surface area (Å²) in [4.78, 5) is 8.54. The number of nitrogens with zero attached hydrogens (tertiary/aromatic N) is 4. The van der Waals surface area contributed by atoms with Crippen molar-refractivity contribution in [3.63, 3.8) is 0 Å². The molecule has 5 aromatic rings. The van der Waals surface area contributed by atoms with Crippen molar-refractivity contribution in [1.29, 1.82) is 10.5 Å². The smallest absolute Gasteiger partial charge is 0.0802 e. The van der Waals surface area contributed by atoms with Gasteiger partial charge in [0.25, 0.3) is 0 Å². The van der Waals surface area contributed by atoms with Crippen molar-refractivity contribution in [3.05, 3.63) is 132 Å². The van der Waals surface area contributed by atoms with E-state index < -0.39 is 6.85 Å². The Bertz CT molecular complexity index is 1530. The fraction of sp³-hybridized carbons (Fsp3) is 0.0323. The van der Waals surface area contributed by atoms with Gasteiger partial charge in [-0.05, 0) is 46.1 Å². The standard InChI is InChI=1S/C17H12N.C14H8N3.Ir/c1-3-7-14(8-4-1)16-11-12-17(18-13-16)15-9-5-2-6-10-15;1-10-5-6-14(17-9-10)12-4-2-3-11(7-15)13(12)8-16;/h1-9,11-13H;2-3,5-6,9H,1H3;/q2*-1;/i;1D3;. The van der Waals surface area contributed by atoms with Crippen molar-refractivity contribution in [1.82, 2.24) is 9.97 Å². The molecule has 0 spiro atoms. The van der Waals surface area contributed by atoms with E-state index in [0.29, 0.717) is 11.3 Å². The number of rotatable bonds is 3. The predicted octanol–water partition coefficient (Wildman–Crippen LogP) is 6.81.